The van der Waals surface area contributed by atoms with Gasteiger partial charge in [0.25, 0.3) is 0 Å². The largest absolute Gasteiger partial charge is 0.418 e. The van der Waals surface area contributed by atoms with E-state index in [0.717, 1.165) is 6.07 Å². The Bertz CT molecular complexity index is 254. The molecule has 0 aromatic heterocycles. The van der Waals surface area contributed by atoms with Gasteiger partial charge in [0.15, 0.2) is 0 Å². The van der Waals surface area contributed by atoms with Crippen LogP contribution in [0.4, 0.5) is 13.2 Å². The highest BCUT2D eigenvalue weighted by Crippen LogP contribution is 2.31. The highest BCUT2D eigenvalue weighted by Gasteiger charge is 2.32. The molecule has 0 bridgehead atoms. The summed E-state index contributed by atoms with van der Waals surface area (Å²) in [6.45, 7) is 0. The molecule has 0 heterocycles. The van der Waals surface area contributed by atoms with Gasteiger partial charge in [-0.05, 0) is 34.7 Å². The fourth-order valence-corrected chi connectivity index (χ4v) is 1.23. The van der Waals surface area contributed by atoms with Gasteiger partial charge >= 0.3 is 6.18 Å². The second-order valence-electron chi connectivity index (χ2n) is 1.83. The van der Waals surface area contributed by atoms with Gasteiger partial charge in [-0.25, -0.2) is 0 Å². The molecule has 1 aromatic rings. The van der Waals surface area contributed by atoms with Gasteiger partial charge in [0.05, 0.1) is 9.13 Å². The molecule has 58 valence electrons. The molecule has 0 saturated heterocycles. The molecule has 0 N–H and O–H groups in total. The quantitative estimate of drug-likeness (QED) is 0.636. The van der Waals surface area contributed by atoms with Gasteiger partial charge in [0.2, 0.25) is 0 Å². The molecule has 0 fully saturated rings. The van der Waals surface area contributed by atoms with Crippen molar-refractivity contribution in [3.05, 3.63) is 33.4 Å². The van der Waals surface area contributed by atoms with Crippen LogP contribution >= 0.6 is 22.6 Å². The summed E-state index contributed by atoms with van der Waals surface area (Å²) >= 11 is 1.58. The molecule has 11 heavy (non-hydrogen) atoms. The van der Waals surface area contributed by atoms with Gasteiger partial charge in [-0.3, -0.25) is 0 Å². The SMILES string of the molecule is FC(F)(F)c1ccc#cc1I. The van der Waals surface area contributed by atoms with E-state index >= 15 is 0 Å². The second-order valence-corrected chi connectivity index (χ2v) is 2.91. The van der Waals surface area contributed by atoms with Crippen molar-refractivity contribution in [1.82, 2.24) is 0 Å². The van der Waals surface area contributed by atoms with Crippen molar-refractivity contribution in [1.29, 1.82) is 0 Å². The molecule has 0 aliphatic rings. The highest BCUT2D eigenvalue weighted by molar-refractivity contribution is 14.1. The Morgan fingerprint density at radius 1 is 1.36 bits per heavy atom. The number of rotatable bonds is 0. The molecule has 0 aliphatic carbocycles. The Kier molecular flexibility index (Phi) is 2.28. The highest BCUT2D eigenvalue weighted by atomic mass is 127. The van der Waals surface area contributed by atoms with Crippen LogP contribution in [0.15, 0.2) is 12.1 Å². The van der Waals surface area contributed by atoms with E-state index < -0.39 is 11.7 Å². The summed E-state index contributed by atoms with van der Waals surface area (Å²) in [5.74, 6) is 0. The van der Waals surface area contributed by atoms with Crippen LogP contribution < -0.4 is 0 Å². The summed E-state index contributed by atoms with van der Waals surface area (Å²) in [6, 6.07) is 6.97. The molecule has 4 heteroatoms. The van der Waals surface area contributed by atoms with Crippen molar-refractivity contribution in [2.75, 3.05) is 0 Å². The van der Waals surface area contributed by atoms with Crippen molar-refractivity contribution < 1.29 is 13.2 Å². The minimum absolute atomic E-state index is 0.0533. The van der Waals surface area contributed by atoms with E-state index in [-0.39, 0.29) is 3.57 Å². The molecular formula is C7H2F3I. The summed E-state index contributed by atoms with van der Waals surface area (Å²) in [5, 5.41) is 0. The van der Waals surface area contributed by atoms with Crippen LogP contribution in [0, 0.1) is 15.7 Å². The predicted molar refractivity (Wildman–Crippen MR) is 41.8 cm³/mol. The average molecular weight is 270 g/mol. The van der Waals surface area contributed by atoms with Crippen LogP contribution in [-0.4, -0.2) is 0 Å². The van der Waals surface area contributed by atoms with E-state index in [0.29, 0.717) is 0 Å². The van der Waals surface area contributed by atoms with E-state index in [4.69, 9.17) is 0 Å². The lowest BCUT2D eigenvalue weighted by Gasteiger charge is -2.05. The maximum Gasteiger partial charge on any atom is 0.418 e. The number of halogens is 4. The smallest absolute Gasteiger partial charge is 0.166 e. The second kappa shape index (κ2) is 2.89. The Morgan fingerprint density at radius 2 is 2.00 bits per heavy atom. The lowest BCUT2D eigenvalue weighted by atomic mass is 10.2. The molecule has 0 amide bonds. The van der Waals surface area contributed by atoms with E-state index in [2.05, 4.69) is 12.1 Å². The molecule has 1 rings (SSSR count). The van der Waals surface area contributed by atoms with Crippen molar-refractivity contribution in [3.63, 3.8) is 0 Å². The molecule has 0 radical (unpaired) electrons. The first-order valence-corrected chi connectivity index (χ1v) is 3.75. The van der Waals surface area contributed by atoms with Crippen molar-refractivity contribution in [2.24, 2.45) is 0 Å². The lowest BCUT2D eigenvalue weighted by Crippen LogP contribution is -2.06. The van der Waals surface area contributed by atoms with Crippen molar-refractivity contribution in [2.45, 2.75) is 6.18 Å². The van der Waals surface area contributed by atoms with Crippen LogP contribution in [0.2, 0.25) is 0 Å². The third-order valence-electron chi connectivity index (χ3n) is 1.06. The molecule has 0 atom stereocenters. The van der Waals surface area contributed by atoms with Crippen LogP contribution in [0.25, 0.3) is 0 Å². The Hall–Kier alpha value is -0.440. The van der Waals surface area contributed by atoms with Gasteiger partial charge in [0, 0.05) is 0 Å². The monoisotopic (exact) mass is 270 g/mol. The minimum Gasteiger partial charge on any atom is -0.166 e. The number of alkyl halides is 3. The Morgan fingerprint density at radius 3 is 2.36 bits per heavy atom. The summed E-state index contributed by atoms with van der Waals surface area (Å²) in [4.78, 5) is 0. The van der Waals surface area contributed by atoms with Gasteiger partial charge in [0.1, 0.15) is 0 Å². The summed E-state index contributed by atoms with van der Waals surface area (Å²) in [7, 11) is 0. The first kappa shape index (κ1) is 8.65. The van der Waals surface area contributed by atoms with Crippen LogP contribution in [0.1, 0.15) is 5.56 Å². The summed E-state index contributed by atoms with van der Waals surface area (Å²) < 4.78 is 36.1. The maximum absolute atomic E-state index is 12.0. The predicted octanol–water partition coefficient (Wildman–Crippen LogP) is 2.91. The van der Waals surface area contributed by atoms with Gasteiger partial charge in [-0.2, -0.15) is 13.2 Å². The van der Waals surface area contributed by atoms with Gasteiger partial charge in [-0.15, -0.1) is 0 Å². The first-order chi connectivity index (χ1) is 5.02. The summed E-state index contributed by atoms with van der Waals surface area (Å²) in [5.41, 5.74) is -0.656. The van der Waals surface area contributed by atoms with E-state index in [1.165, 1.54) is 6.07 Å². The van der Waals surface area contributed by atoms with Crippen molar-refractivity contribution >= 4 is 22.6 Å². The molecule has 0 saturated carbocycles. The van der Waals surface area contributed by atoms with Crippen molar-refractivity contribution in [3.8, 4) is 0 Å². The van der Waals surface area contributed by atoms with E-state index in [1.54, 1.807) is 22.6 Å². The zero-order chi connectivity index (χ0) is 8.48. The van der Waals surface area contributed by atoms with E-state index in [1.807, 2.05) is 0 Å². The zero-order valence-electron chi connectivity index (χ0n) is 5.17. The fourth-order valence-electron chi connectivity index (χ4n) is 0.589. The normalized spacial score (nSPS) is 10.9. The molecule has 0 spiro atoms. The standard InChI is InChI=1S/C7H2F3I/c8-7(9,10)5-3-1-2-4-6(5)11/h1,3H. The van der Waals surface area contributed by atoms with Gasteiger partial charge in [-0.1, -0.05) is 12.1 Å². The zero-order valence-corrected chi connectivity index (χ0v) is 7.32. The third-order valence-corrected chi connectivity index (χ3v) is 1.91. The first-order valence-electron chi connectivity index (χ1n) is 2.67. The maximum atomic E-state index is 12.0. The molecular weight excluding hydrogens is 268 g/mol. The summed E-state index contributed by atoms with van der Waals surface area (Å²) in [6.07, 6.45) is -4.28. The Balaban J connectivity index is 3.14. The molecule has 0 aliphatic heterocycles. The van der Waals surface area contributed by atoms with Gasteiger partial charge < -0.3 is 0 Å². The van der Waals surface area contributed by atoms with Crippen LogP contribution in [0.3, 0.4) is 0 Å². The van der Waals surface area contributed by atoms with Crippen LogP contribution in [0.5, 0.6) is 0 Å². The van der Waals surface area contributed by atoms with E-state index in [9.17, 15) is 13.2 Å². The number of hydrogen-bond acceptors (Lipinski definition) is 0. The fraction of sp³-hybridized carbons (Fsp3) is 0.143. The number of hydrogen-bond donors (Lipinski definition) is 0. The minimum atomic E-state index is -4.28. The average Bonchev–Trinajstić information content (AvgIpc) is 1.86. The topological polar surface area (TPSA) is 0 Å². The molecule has 0 unspecified atom stereocenters. The third kappa shape index (κ3) is 1.99. The molecule has 0 nitrogen and oxygen atoms in total. The van der Waals surface area contributed by atoms with Crippen LogP contribution in [-0.2, 0) is 6.18 Å². The lowest BCUT2D eigenvalue weighted by molar-refractivity contribution is -0.138. The molecule has 1 aromatic carbocycles. The Labute approximate surface area is 75.6 Å².